The first-order valence-electron chi connectivity index (χ1n) is 6.12. The van der Waals surface area contributed by atoms with Crippen molar-refractivity contribution in [3.63, 3.8) is 0 Å². The highest BCUT2D eigenvalue weighted by Crippen LogP contribution is 2.27. The molecular formula is C16H12Br2O3. The number of hydrogen-bond donors (Lipinski definition) is 1. The van der Waals surface area contributed by atoms with Gasteiger partial charge in [0.05, 0.1) is 4.47 Å². The molecule has 0 aliphatic rings. The van der Waals surface area contributed by atoms with E-state index >= 15 is 0 Å². The number of ether oxygens (including phenoxy) is 1. The third-order valence-corrected chi connectivity index (χ3v) is 3.77. The van der Waals surface area contributed by atoms with Gasteiger partial charge in [-0.3, -0.25) is 0 Å². The fourth-order valence-corrected chi connectivity index (χ4v) is 2.65. The number of halogens is 2. The Bertz CT molecular complexity index is 681. The van der Waals surface area contributed by atoms with Gasteiger partial charge < -0.3 is 9.84 Å². The van der Waals surface area contributed by atoms with Gasteiger partial charge >= 0.3 is 5.97 Å². The van der Waals surface area contributed by atoms with Gasteiger partial charge in [0, 0.05) is 10.5 Å². The molecule has 5 heteroatoms. The van der Waals surface area contributed by atoms with Gasteiger partial charge in [0.15, 0.2) is 0 Å². The fourth-order valence-electron chi connectivity index (χ4n) is 1.69. The molecule has 0 amide bonds. The molecule has 0 saturated heterocycles. The minimum absolute atomic E-state index is 0.461. The molecule has 0 aromatic heterocycles. The van der Waals surface area contributed by atoms with Crippen molar-refractivity contribution in [1.29, 1.82) is 0 Å². The quantitative estimate of drug-likeness (QED) is 0.712. The summed E-state index contributed by atoms with van der Waals surface area (Å²) in [6.45, 7) is 0.461. The lowest BCUT2D eigenvalue weighted by molar-refractivity contribution is -0.131. The van der Waals surface area contributed by atoms with Crippen molar-refractivity contribution in [1.82, 2.24) is 0 Å². The Morgan fingerprint density at radius 2 is 2.00 bits per heavy atom. The maximum atomic E-state index is 10.5. The van der Waals surface area contributed by atoms with Crippen molar-refractivity contribution in [2.24, 2.45) is 0 Å². The molecule has 0 aliphatic carbocycles. The van der Waals surface area contributed by atoms with Crippen molar-refractivity contribution < 1.29 is 14.6 Å². The van der Waals surface area contributed by atoms with E-state index < -0.39 is 5.97 Å². The molecule has 0 aliphatic heterocycles. The van der Waals surface area contributed by atoms with Crippen LogP contribution in [0.15, 0.2) is 57.5 Å². The highest BCUT2D eigenvalue weighted by molar-refractivity contribution is 9.10. The molecule has 0 atom stereocenters. The summed E-state index contributed by atoms with van der Waals surface area (Å²) in [5.74, 6) is -0.261. The number of carbonyl (C=O) groups is 1. The van der Waals surface area contributed by atoms with Crippen LogP contribution in [0.3, 0.4) is 0 Å². The first kappa shape index (κ1) is 15.8. The van der Waals surface area contributed by atoms with Gasteiger partial charge in [-0.05, 0) is 57.4 Å². The van der Waals surface area contributed by atoms with Crippen molar-refractivity contribution in [3.8, 4) is 5.75 Å². The zero-order chi connectivity index (χ0) is 15.2. The summed E-state index contributed by atoms with van der Waals surface area (Å²) in [6.07, 6.45) is 2.63. The Morgan fingerprint density at radius 3 is 2.67 bits per heavy atom. The van der Waals surface area contributed by atoms with E-state index in [4.69, 9.17) is 9.84 Å². The average molecular weight is 412 g/mol. The van der Waals surface area contributed by atoms with E-state index in [-0.39, 0.29) is 0 Å². The molecule has 108 valence electrons. The predicted molar refractivity (Wildman–Crippen MR) is 89.3 cm³/mol. The van der Waals surface area contributed by atoms with Crippen LogP contribution in [0.25, 0.3) is 6.08 Å². The first-order chi connectivity index (χ1) is 10.0. The lowest BCUT2D eigenvalue weighted by atomic mass is 10.2. The lowest BCUT2D eigenvalue weighted by Gasteiger charge is -2.09. The maximum absolute atomic E-state index is 10.5. The molecule has 21 heavy (non-hydrogen) atoms. The van der Waals surface area contributed by atoms with Crippen LogP contribution in [0, 0.1) is 0 Å². The molecule has 1 N–H and O–H groups in total. The van der Waals surface area contributed by atoms with Crippen molar-refractivity contribution in [3.05, 3.63) is 68.6 Å². The van der Waals surface area contributed by atoms with Crippen LogP contribution >= 0.6 is 31.9 Å². The largest absolute Gasteiger partial charge is 0.488 e. The monoisotopic (exact) mass is 410 g/mol. The zero-order valence-corrected chi connectivity index (χ0v) is 14.1. The van der Waals surface area contributed by atoms with E-state index in [0.29, 0.717) is 12.4 Å². The predicted octanol–water partition coefficient (Wildman–Crippen LogP) is 4.89. The Labute approximate surface area is 139 Å². The van der Waals surface area contributed by atoms with Crippen molar-refractivity contribution >= 4 is 43.9 Å². The summed E-state index contributed by atoms with van der Waals surface area (Å²) in [7, 11) is 0. The van der Waals surface area contributed by atoms with E-state index in [1.165, 1.54) is 6.08 Å². The van der Waals surface area contributed by atoms with Gasteiger partial charge in [-0.2, -0.15) is 0 Å². The summed E-state index contributed by atoms with van der Waals surface area (Å²) >= 11 is 6.85. The number of carboxylic acids is 1. The minimum atomic E-state index is -0.971. The van der Waals surface area contributed by atoms with Gasteiger partial charge in [-0.1, -0.05) is 34.1 Å². The Morgan fingerprint density at radius 1 is 1.19 bits per heavy atom. The molecule has 2 rings (SSSR count). The molecule has 2 aromatic carbocycles. The second-order valence-corrected chi connectivity index (χ2v) is 6.05. The minimum Gasteiger partial charge on any atom is -0.488 e. The molecule has 3 nitrogen and oxygen atoms in total. The summed E-state index contributed by atoms with van der Waals surface area (Å²) < 4.78 is 7.54. The summed E-state index contributed by atoms with van der Waals surface area (Å²) in [5.41, 5.74) is 1.85. The van der Waals surface area contributed by atoms with Crippen molar-refractivity contribution in [2.75, 3.05) is 0 Å². The third kappa shape index (κ3) is 5.02. The zero-order valence-electron chi connectivity index (χ0n) is 10.9. The highest BCUT2D eigenvalue weighted by atomic mass is 79.9. The Kier molecular flexibility index (Phi) is 5.59. The van der Waals surface area contributed by atoms with E-state index in [9.17, 15) is 4.79 Å². The van der Waals surface area contributed by atoms with Gasteiger partial charge in [-0.15, -0.1) is 0 Å². The molecule has 0 bridgehead atoms. The van der Waals surface area contributed by atoms with Gasteiger partial charge in [0.25, 0.3) is 0 Å². The molecule has 0 unspecified atom stereocenters. The second-order valence-electron chi connectivity index (χ2n) is 4.28. The Hall–Kier alpha value is -1.59. The van der Waals surface area contributed by atoms with E-state index in [1.54, 1.807) is 6.07 Å². The SMILES string of the molecule is O=C(O)/C=C/c1ccc(OCc2cccc(Br)c2)c(Br)c1. The topological polar surface area (TPSA) is 46.5 Å². The van der Waals surface area contributed by atoms with E-state index in [1.807, 2.05) is 36.4 Å². The highest BCUT2D eigenvalue weighted by Gasteiger charge is 2.03. The van der Waals surface area contributed by atoms with E-state index in [2.05, 4.69) is 31.9 Å². The van der Waals surface area contributed by atoms with Crippen LogP contribution in [0.5, 0.6) is 5.75 Å². The average Bonchev–Trinajstić information content (AvgIpc) is 2.44. The lowest BCUT2D eigenvalue weighted by Crippen LogP contribution is -1.96. The summed E-state index contributed by atoms with van der Waals surface area (Å²) in [5, 5.41) is 8.60. The molecule has 0 saturated carbocycles. The van der Waals surface area contributed by atoms with Crippen LogP contribution in [0.2, 0.25) is 0 Å². The smallest absolute Gasteiger partial charge is 0.328 e. The van der Waals surface area contributed by atoms with Crippen molar-refractivity contribution in [2.45, 2.75) is 6.61 Å². The number of benzene rings is 2. The van der Waals surface area contributed by atoms with Gasteiger partial charge in [0.1, 0.15) is 12.4 Å². The normalized spacial score (nSPS) is 10.8. The van der Waals surface area contributed by atoms with Crippen LogP contribution in [0.1, 0.15) is 11.1 Å². The molecule has 2 aromatic rings. The fraction of sp³-hybridized carbons (Fsp3) is 0.0625. The standard InChI is InChI=1S/C16H12Br2O3/c17-13-3-1-2-12(8-13)10-21-15-6-4-11(9-14(15)18)5-7-16(19)20/h1-9H,10H2,(H,19,20)/b7-5+. The molecule has 0 heterocycles. The number of rotatable bonds is 5. The maximum Gasteiger partial charge on any atom is 0.328 e. The molecule has 0 radical (unpaired) electrons. The van der Waals surface area contributed by atoms with Crippen LogP contribution < -0.4 is 4.74 Å². The summed E-state index contributed by atoms with van der Waals surface area (Å²) in [4.78, 5) is 10.5. The number of carboxylic acid groups (broad SMARTS) is 1. The third-order valence-electron chi connectivity index (χ3n) is 2.66. The summed E-state index contributed by atoms with van der Waals surface area (Å²) in [6, 6.07) is 13.3. The number of aliphatic carboxylic acids is 1. The van der Waals surface area contributed by atoms with E-state index in [0.717, 1.165) is 26.1 Å². The van der Waals surface area contributed by atoms with Crippen LogP contribution in [-0.2, 0) is 11.4 Å². The number of hydrogen-bond acceptors (Lipinski definition) is 2. The van der Waals surface area contributed by atoms with Crippen LogP contribution in [0.4, 0.5) is 0 Å². The molecular weight excluding hydrogens is 400 g/mol. The van der Waals surface area contributed by atoms with Crippen LogP contribution in [-0.4, -0.2) is 11.1 Å². The molecule has 0 fully saturated rings. The molecule has 0 spiro atoms. The first-order valence-corrected chi connectivity index (χ1v) is 7.71. The Balaban J connectivity index is 2.06. The van der Waals surface area contributed by atoms with Gasteiger partial charge in [-0.25, -0.2) is 4.79 Å². The second kappa shape index (κ2) is 7.43. The van der Waals surface area contributed by atoms with Gasteiger partial charge in [0.2, 0.25) is 0 Å².